The third kappa shape index (κ3) is 5.12. The van der Waals surface area contributed by atoms with E-state index in [-0.39, 0.29) is 23.9 Å². The molecule has 0 bridgehead atoms. The van der Waals surface area contributed by atoms with E-state index in [2.05, 4.69) is 4.72 Å². The van der Waals surface area contributed by atoms with E-state index >= 15 is 0 Å². The number of anilines is 1. The van der Waals surface area contributed by atoms with E-state index in [0.29, 0.717) is 30.1 Å². The molecular weight excluding hydrogens is 404 g/mol. The van der Waals surface area contributed by atoms with Gasteiger partial charge in [-0.05, 0) is 44.5 Å². The van der Waals surface area contributed by atoms with Crippen LogP contribution in [-0.4, -0.2) is 57.4 Å². The van der Waals surface area contributed by atoms with E-state index in [1.807, 2.05) is 32.0 Å². The fourth-order valence-corrected chi connectivity index (χ4v) is 4.08. The van der Waals surface area contributed by atoms with Gasteiger partial charge in [0.25, 0.3) is 5.91 Å². The van der Waals surface area contributed by atoms with E-state index in [0.717, 1.165) is 11.1 Å². The first kappa shape index (κ1) is 22.1. The lowest BCUT2D eigenvalue weighted by molar-refractivity contribution is 0.0340. The Morgan fingerprint density at radius 2 is 1.87 bits per heavy atom. The topological polar surface area (TPSA) is 84.9 Å². The van der Waals surface area contributed by atoms with Gasteiger partial charge < -0.3 is 14.4 Å². The van der Waals surface area contributed by atoms with Crippen molar-refractivity contribution < 1.29 is 22.7 Å². The normalized spacial score (nSPS) is 19.0. The molecule has 30 heavy (non-hydrogen) atoms. The Labute approximate surface area is 178 Å². The average molecular weight is 433 g/mol. The molecule has 3 rings (SSSR count). The third-order valence-electron chi connectivity index (χ3n) is 5.20. The predicted molar refractivity (Wildman–Crippen MR) is 117 cm³/mol. The SMILES string of the molecule is CCS(=O)(=O)Nc1cccc(O[C@@H]2CN(C(=O)c3cc(C)ccc3C)C[C@H]2OC)c1. The Bertz CT molecular complexity index is 1020. The third-order valence-corrected chi connectivity index (χ3v) is 6.51. The van der Waals surface area contributed by atoms with Crippen molar-refractivity contribution in [3.8, 4) is 5.75 Å². The first-order valence-electron chi connectivity index (χ1n) is 9.89. The van der Waals surface area contributed by atoms with Crippen LogP contribution in [0.5, 0.6) is 5.75 Å². The molecule has 0 aliphatic carbocycles. The van der Waals surface area contributed by atoms with Gasteiger partial charge in [0.1, 0.15) is 18.0 Å². The number of aryl methyl sites for hydroxylation is 2. The molecule has 1 aliphatic heterocycles. The fourth-order valence-electron chi connectivity index (χ4n) is 3.45. The molecule has 2 aromatic carbocycles. The van der Waals surface area contributed by atoms with E-state index in [1.165, 1.54) is 0 Å². The van der Waals surface area contributed by atoms with Crippen LogP contribution in [0.15, 0.2) is 42.5 Å². The van der Waals surface area contributed by atoms with Crippen molar-refractivity contribution in [3.05, 3.63) is 59.2 Å². The van der Waals surface area contributed by atoms with Crippen LogP contribution in [-0.2, 0) is 14.8 Å². The molecule has 0 spiro atoms. The van der Waals surface area contributed by atoms with Crippen molar-refractivity contribution >= 4 is 21.6 Å². The molecule has 1 heterocycles. The van der Waals surface area contributed by atoms with Crippen molar-refractivity contribution in [1.29, 1.82) is 0 Å². The van der Waals surface area contributed by atoms with Gasteiger partial charge in [-0.3, -0.25) is 9.52 Å². The Morgan fingerprint density at radius 3 is 2.57 bits per heavy atom. The second-order valence-electron chi connectivity index (χ2n) is 7.49. The summed E-state index contributed by atoms with van der Waals surface area (Å²) in [5.74, 6) is 0.454. The molecule has 1 N–H and O–H groups in total. The van der Waals surface area contributed by atoms with E-state index < -0.39 is 10.0 Å². The summed E-state index contributed by atoms with van der Waals surface area (Å²) in [4.78, 5) is 14.8. The lowest BCUT2D eigenvalue weighted by atomic mass is 10.0. The van der Waals surface area contributed by atoms with Crippen molar-refractivity contribution in [2.45, 2.75) is 33.0 Å². The summed E-state index contributed by atoms with van der Waals surface area (Å²) in [6.45, 7) is 6.27. The van der Waals surface area contributed by atoms with Gasteiger partial charge in [-0.1, -0.05) is 23.8 Å². The second-order valence-corrected chi connectivity index (χ2v) is 9.50. The molecule has 2 aromatic rings. The zero-order valence-corrected chi connectivity index (χ0v) is 18.5. The maximum Gasteiger partial charge on any atom is 0.254 e. The first-order chi connectivity index (χ1) is 14.2. The number of carbonyl (C=O) groups is 1. The number of sulfonamides is 1. The van der Waals surface area contributed by atoms with Crippen LogP contribution < -0.4 is 9.46 Å². The second kappa shape index (κ2) is 9.06. The van der Waals surface area contributed by atoms with Gasteiger partial charge in [0.2, 0.25) is 10.0 Å². The molecule has 162 valence electrons. The predicted octanol–water partition coefficient (Wildman–Crippen LogP) is 2.98. The van der Waals surface area contributed by atoms with Gasteiger partial charge in [-0.2, -0.15) is 0 Å². The quantitative estimate of drug-likeness (QED) is 0.727. The molecular formula is C22H28N2O5S. The number of hydrogen-bond acceptors (Lipinski definition) is 5. The molecule has 1 aliphatic rings. The van der Waals surface area contributed by atoms with Gasteiger partial charge in [-0.15, -0.1) is 0 Å². The molecule has 2 atom stereocenters. The van der Waals surface area contributed by atoms with Crippen LogP contribution in [0.1, 0.15) is 28.4 Å². The molecule has 0 radical (unpaired) electrons. The molecule has 1 amide bonds. The lowest BCUT2D eigenvalue weighted by Gasteiger charge is -2.19. The van der Waals surface area contributed by atoms with Gasteiger partial charge in [0, 0.05) is 18.7 Å². The molecule has 0 saturated carbocycles. The number of nitrogens with one attached hydrogen (secondary N) is 1. The number of rotatable bonds is 7. The van der Waals surface area contributed by atoms with Crippen LogP contribution in [0, 0.1) is 13.8 Å². The van der Waals surface area contributed by atoms with Crippen LogP contribution >= 0.6 is 0 Å². The zero-order valence-electron chi connectivity index (χ0n) is 17.7. The Hall–Kier alpha value is -2.58. The molecule has 0 unspecified atom stereocenters. The summed E-state index contributed by atoms with van der Waals surface area (Å²) < 4.78 is 37.8. The Balaban J connectivity index is 1.74. The summed E-state index contributed by atoms with van der Waals surface area (Å²) in [6.07, 6.45) is -0.642. The number of methoxy groups -OCH3 is 1. The van der Waals surface area contributed by atoms with Crippen molar-refractivity contribution in [1.82, 2.24) is 4.90 Å². The summed E-state index contributed by atoms with van der Waals surface area (Å²) >= 11 is 0. The summed E-state index contributed by atoms with van der Waals surface area (Å²) in [5, 5.41) is 0. The minimum Gasteiger partial charge on any atom is -0.486 e. The van der Waals surface area contributed by atoms with Gasteiger partial charge in [0.15, 0.2) is 0 Å². The van der Waals surface area contributed by atoms with Crippen molar-refractivity contribution in [3.63, 3.8) is 0 Å². The van der Waals surface area contributed by atoms with Crippen LogP contribution in [0.4, 0.5) is 5.69 Å². The summed E-state index contributed by atoms with van der Waals surface area (Å²) in [6, 6.07) is 12.6. The van der Waals surface area contributed by atoms with Crippen LogP contribution in [0.3, 0.4) is 0 Å². The van der Waals surface area contributed by atoms with E-state index in [4.69, 9.17) is 9.47 Å². The number of likely N-dealkylation sites (tertiary alicyclic amines) is 1. The number of hydrogen-bond donors (Lipinski definition) is 1. The van der Waals surface area contributed by atoms with Crippen LogP contribution in [0.25, 0.3) is 0 Å². The zero-order chi connectivity index (χ0) is 21.9. The van der Waals surface area contributed by atoms with E-state index in [1.54, 1.807) is 43.2 Å². The number of carbonyl (C=O) groups excluding carboxylic acids is 1. The molecule has 0 aromatic heterocycles. The van der Waals surface area contributed by atoms with Gasteiger partial charge >= 0.3 is 0 Å². The van der Waals surface area contributed by atoms with Crippen molar-refractivity contribution in [2.24, 2.45) is 0 Å². The number of nitrogens with zero attached hydrogens (tertiary/aromatic N) is 1. The van der Waals surface area contributed by atoms with Gasteiger partial charge in [0.05, 0.1) is 24.5 Å². The first-order valence-corrected chi connectivity index (χ1v) is 11.5. The Kier molecular flexibility index (Phi) is 6.67. The minimum atomic E-state index is -3.37. The highest BCUT2D eigenvalue weighted by Gasteiger charge is 2.37. The molecule has 1 saturated heterocycles. The van der Waals surface area contributed by atoms with Crippen molar-refractivity contribution in [2.75, 3.05) is 30.7 Å². The molecule has 1 fully saturated rings. The van der Waals surface area contributed by atoms with E-state index in [9.17, 15) is 13.2 Å². The Morgan fingerprint density at radius 1 is 1.13 bits per heavy atom. The minimum absolute atomic E-state index is 0.0120. The highest BCUT2D eigenvalue weighted by Crippen LogP contribution is 2.25. The number of amides is 1. The van der Waals surface area contributed by atoms with Crippen LogP contribution in [0.2, 0.25) is 0 Å². The smallest absolute Gasteiger partial charge is 0.254 e. The summed E-state index contributed by atoms with van der Waals surface area (Å²) in [7, 11) is -1.78. The fraction of sp³-hybridized carbons (Fsp3) is 0.409. The number of benzene rings is 2. The standard InChI is InChI=1S/C22H28N2O5S/c1-5-30(26,27)23-17-7-6-8-18(12-17)29-21-14-24(13-20(21)28-4)22(25)19-11-15(2)9-10-16(19)3/h6-12,20-21,23H,5,13-14H2,1-4H3/t20-,21-/m1/s1. The largest absolute Gasteiger partial charge is 0.486 e. The average Bonchev–Trinajstić information content (AvgIpc) is 3.12. The number of ether oxygens (including phenoxy) is 2. The van der Waals surface area contributed by atoms with Gasteiger partial charge in [-0.25, -0.2) is 8.42 Å². The highest BCUT2D eigenvalue weighted by atomic mass is 32.2. The highest BCUT2D eigenvalue weighted by molar-refractivity contribution is 7.92. The molecule has 7 nitrogen and oxygen atoms in total. The monoisotopic (exact) mass is 432 g/mol. The molecule has 8 heteroatoms. The maximum atomic E-state index is 13.1. The summed E-state index contributed by atoms with van der Waals surface area (Å²) in [5.41, 5.74) is 3.08. The maximum absolute atomic E-state index is 13.1. The lowest BCUT2D eigenvalue weighted by Crippen LogP contribution is -2.32.